The third-order valence-corrected chi connectivity index (χ3v) is 5.19. The van der Waals surface area contributed by atoms with Gasteiger partial charge >= 0.3 is 11.6 Å². The van der Waals surface area contributed by atoms with Crippen LogP contribution < -0.4 is 15.7 Å². The van der Waals surface area contributed by atoms with E-state index in [2.05, 4.69) is 30.2 Å². The highest BCUT2D eigenvalue weighted by Gasteiger charge is 2.32. The maximum absolute atomic E-state index is 13.9. The number of carbonyl (C=O) groups excluding carboxylic acids is 1. The number of fused-ring (bicyclic) bond motifs is 1. The van der Waals surface area contributed by atoms with Gasteiger partial charge in [0.2, 0.25) is 0 Å². The highest BCUT2D eigenvalue weighted by atomic mass is 19.3. The molecule has 4 N–H and O–H groups in total. The summed E-state index contributed by atoms with van der Waals surface area (Å²) in [4.78, 5) is 40.0. The van der Waals surface area contributed by atoms with Crippen LogP contribution in [0.25, 0.3) is 22.4 Å². The number of nitrogens with zero attached hydrogens (tertiary/aromatic N) is 2. The molecule has 3 heterocycles. The normalized spacial score (nSPS) is 11.6. The first-order chi connectivity index (χ1) is 17.2. The molecule has 5 rings (SSSR count). The lowest BCUT2D eigenvalue weighted by Crippen LogP contribution is -2.14. The molecule has 5 aromatic rings. The number of alkyl halides is 2. The van der Waals surface area contributed by atoms with Gasteiger partial charge in [-0.3, -0.25) is 9.78 Å². The molecule has 0 aliphatic rings. The summed E-state index contributed by atoms with van der Waals surface area (Å²) in [6.07, 6.45) is 1.48. The molecular weight excluding hydrogens is 477 g/mol. The Labute approximate surface area is 200 Å². The Morgan fingerprint density at radius 3 is 2.42 bits per heavy atom. The van der Waals surface area contributed by atoms with Gasteiger partial charge in [-0.1, -0.05) is 0 Å². The number of hydrogen-bond donors (Lipinski definition) is 4. The van der Waals surface area contributed by atoms with Crippen molar-refractivity contribution in [1.29, 1.82) is 0 Å². The van der Waals surface area contributed by atoms with Crippen molar-refractivity contribution in [2.75, 3.05) is 5.32 Å². The first kappa shape index (κ1) is 22.9. The summed E-state index contributed by atoms with van der Waals surface area (Å²) in [5.74, 6) is -4.48. The topological polar surface area (TPSA) is 129 Å². The van der Waals surface area contributed by atoms with E-state index in [1.807, 2.05) is 0 Å². The number of ether oxygens (including phenoxy) is 1. The molecule has 0 bridgehead atoms. The molecule has 36 heavy (non-hydrogen) atoms. The standard InChI is InChI=1S/C24H17F3N6O3/c1-24(26,27)22-30-17(12-2-4-13(25)5-3-12)19(31-22)21(34)29-14-6-8-15(9-7-14)36-16-10-11-28-20-18(16)32-23(35)33-20/h2-11H,1H3,(H,29,34)(H,30,31)(H2,28,32,33,35). The van der Waals surface area contributed by atoms with Gasteiger partial charge in [0.25, 0.3) is 5.91 Å². The van der Waals surface area contributed by atoms with Crippen LogP contribution in [0.2, 0.25) is 0 Å². The van der Waals surface area contributed by atoms with Gasteiger partial charge in [-0.25, -0.2) is 19.2 Å². The van der Waals surface area contributed by atoms with Crippen LogP contribution >= 0.6 is 0 Å². The lowest BCUT2D eigenvalue weighted by Gasteiger charge is -2.09. The molecule has 12 heteroatoms. The molecule has 1 amide bonds. The molecule has 0 fully saturated rings. The fourth-order valence-corrected chi connectivity index (χ4v) is 3.49. The Kier molecular flexibility index (Phi) is 5.55. The Hall–Kier alpha value is -4.87. The average molecular weight is 494 g/mol. The Morgan fingerprint density at radius 1 is 1.00 bits per heavy atom. The van der Waals surface area contributed by atoms with Gasteiger partial charge in [-0.15, -0.1) is 0 Å². The van der Waals surface area contributed by atoms with E-state index in [0.29, 0.717) is 40.8 Å². The van der Waals surface area contributed by atoms with Crippen molar-refractivity contribution in [2.24, 2.45) is 0 Å². The number of rotatable bonds is 6. The summed E-state index contributed by atoms with van der Waals surface area (Å²) in [6, 6.07) is 12.8. The minimum absolute atomic E-state index is 0.0359. The van der Waals surface area contributed by atoms with Crippen molar-refractivity contribution >= 4 is 22.8 Å². The van der Waals surface area contributed by atoms with Crippen molar-refractivity contribution in [3.63, 3.8) is 0 Å². The monoisotopic (exact) mass is 494 g/mol. The largest absolute Gasteiger partial charge is 0.455 e. The second-order valence-corrected chi connectivity index (χ2v) is 7.90. The quantitative estimate of drug-likeness (QED) is 0.266. The highest BCUT2D eigenvalue weighted by molar-refractivity contribution is 6.06. The molecule has 9 nitrogen and oxygen atoms in total. The van der Waals surface area contributed by atoms with Gasteiger partial charge in [0.05, 0.1) is 0 Å². The molecule has 182 valence electrons. The number of carbonyl (C=O) groups is 1. The van der Waals surface area contributed by atoms with Crippen molar-refractivity contribution in [2.45, 2.75) is 12.8 Å². The maximum Gasteiger partial charge on any atom is 0.325 e. The predicted octanol–water partition coefficient (Wildman–Crippen LogP) is 4.94. The van der Waals surface area contributed by atoms with Gasteiger partial charge in [0, 0.05) is 30.4 Å². The molecule has 0 radical (unpaired) electrons. The number of halogens is 3. The first-order valence-corrected chi connectivity index (χ1v) is 10.6. The minimum atomic E-state index is -3.32. The molecule has 0 saturated carbocycles. The molecule has 0 spiro atoms. The van der Waals surface area contributed by atoms with E-state index in [9.17, 15) is 22.8 Å². The van der Waals surface area contributed by atoms with Gasteiger partial charge in [-0.05, 0) is 48.5 Å². The second-order valence-electron chi connectivity index (χ2n) is 7.90. The number of imidazole rings is 2. The second kappa shape index (κ2) is 8.73. The summed E-state index contributed by atoms with van der Waals surface area (Å²) < 4.78 is 47.0. The van der Waals surface area contributed by atoms with Crippen molar-refractivity contribution in [3.05, 3.63) is 88.6 Å². The summed E-state index contributed by atoms with van der Waals surface area (Å²) in [5, 5.41) is 2.62. The number of benzene rings is 2. The number of aromatic nitrogens is 5. The number of aromatic amines is 3. The Bertz CT molecular complexity index is 1620. The molecule has 0 unspecified atom stereocenters. The highest BCUT2D eigenvalue weighted by Crippen LogP contribution is 2.31. The minimum Gasteiger partial charge on any atom is -0.455 e. The van der Waals surface area contributed by atoms with E-state index in [4.69, 9.17) is 4.74 Å². The lowest BCUT2D eigenvalue weighted by atomic mass is 10.1. The van der Waals surface area contributed by atoms with Gasteiger partial charge in [0.1, 0.15) is 28.5 Å². The van der Waals surface area contributed by atoms with Crippen molar-refractivity contribution in [1.82, 2.24) is 24.9 Å². The Morgan fingerprint density at radius 2 is 1.72 bits per heavy atom. The van der Waals surface area contributed by atoms with Crippen molar-refractivity contribution < 1.29 is 22.7 Å². The third-order valence-electron chi connectivity index (χ3n) is 5.19. The smallest absolute Gasteiger partial charge is 0.325 e. The van der Waals surface area contributed by atoms with E-state index < -0.39 is 29.2 Å². The zero-order valence-corrected chi connectivity index (χ0v) is 18.5. The number of H-pyrrole nitrogens is 3. The van der Waals surface area contributed by atoms with Crippen LogP contribution in [0, 0.1) is 5.82 Å². The summed E-state index contributed by atoms with van der Waals surface area (Å²) >= 11 is 0. The Balaban J connectivity index is 1.38. The molecule has 3 aromatic heterocycles. The number of amides is 1. The van der Waals surface area contributed by atoms with Gasteiger partial charge < -0.3 is 20.0 Å². The van der Waals surface area contributed by atoms with Crippen LogP contribution in [0.1, 0.15) is 23.2 Å². The number of hydrogen-bond acceptors (Lipinski definition) is 5. The molecule has 2 aromatic carbocycles. The molecular formula is C24H17F3N6O3. The first-order valence-electron chi connectivity index (χ1n) is 10.6. The van der Waals surface area contributed by atoms with Crippen LogP contribution in [-0.2, 0) is 5.92 Å². The summed E-state index contributed by atoms with van der Waals surface area (Å²) in [6.45, 7) is 0.653. The van der Waals surface area contributed by atoms with Crippen LogP contribution in [-0.4, -0.2) is 30.8 Å². The fourth-order valence-electron chi connectivity index (χ4n) is 3.49. The summed E-state index contributed by atoms with van der Waals surface area (Å²) in [7, 11) is 0. The molecule has 0 aliphatic heterocycles. The SMILES string of the molecule is CC(F)(F)c1nc(-c2ccc(F)cc2)c(C(=O)Nc2ccc(Oc3ccnc4[nH]c(=O)[nH]c34)cc2)[nH]1. The number of nitrogens with one attached hydrogen (secondary N) is 4. The summed E-state index contributed by atoms with van der Waals surface area (Å²) in [5.41, 5.74) is 0.732. The van der Waals surface area contributed by atoms with Crippen molar-refractivity contribution in [3.8, 4) is 22.8 Å². The number of anilines is 1. The zero-order valence-electron chi connectivity index (χ0n) is 18.5. The molecule has 0 atom stereocenters. The van der Waals surface area contributed by atoms with E-state index in [0.717, 1.165) is 12.1 Å². The fraction of sp³-hybridized carbons (Fsp3) is 0.0833. The van der Waals surface area contributed by atoms with Crippen LogP contribution in [0.5, 0.6) is 11.5 Å². The molecule has 0 aliphatic carbocycles. The van der Waals surface area contributed by atoms with E-state index in [1.54, 1.807) is 30.3 Å². The predicted molar refractivity (Wildman–Crippen MR) is 125 cm³/mol. The van der Waals surface area contributed by atoms with Crippen LogP contribution in [0.3, 0.4) is 0 Å². The number of pyridine rings is 1. The van der Waals surface area contributed by atoms with E-state index in [-0.39, 0.29) is 11.4 Å². The van der Waals surface area contributed by atoms with Crippen LogP contribution in [0.4, 0.5) is 18.9 Å². The zero-order chi connectivity index (χ0) is 25.4. The average Bonchev–Trinajstić information content (AvgIpc) is 3.45. The maximum atomic E-state index is 13.9. The van der Waals surface area contributed by atoms with Gasteiger partial charge in [-0.2, -0.15) is 8.78 Å². The third kappa shape index (κ3) is 4.56. The lowest BCUT2D eigenvalue weighted by molar-refractivity contribution is 0.00858. The van der Waals surface area contributed by atoms with Crippen LogP contribution in [0.15, 0.2) is 65.6 Å². The van der Waals surface area contributed by atoms with E-state index in [1.165, 1.54) is 18.3 Å². The molecule has 0 saturated heterocycles. The van der Waals surface area contributed by atoms with E-state index >= 15 is 0 Å². The van der Waals surface area contributed by atoms with Gasteiger partial charge in [0.15, 0.2) is 17.2 Å².